The molecule has 2 aromatic rings. The van der Waals surface area contributed by atoms with Crippen molar-refractivity contribution in [3.63, 3.8) is 0 Å². The van der Waals surface area contributed by atoms with E-state index in [1.54, 1.807) is 11.3 Å². The Morgan fingerprint density at radius 1 is 1.29 bits per heavy atom. The van der Waals surface area contributed by atoms with Crippen LogP contribution in [0.15, 0.2) is 29.6 Å². The van der Waals surface area contributed by atoms with Gasteiger partial charge in [-0.25, -0.2) is 0 Å². The molecule has 1 aliphatic rings. The van der Waals surface area contributed by atoms with Gasteiger partial charge in [-0.05, 0) is 41.7 Å². The van der Waals surface area contributed by atoms with Gasteiger partial charge in [0.2, 0.25) is 5.91 Å². The fourth-order valence-electron chi connectivity index (χ4n) is 2.96. The van der Waals surface area contributed by atoms with Crippen molar-refractivity contribution in [2.45, 2.75) is 31.7 Å². The Morgan fingerprint density at radius 3 is 2.86 bits per heavy atom. The molecule has 0 aliphatic heterocycles. The molecule has 21 heavy (non-hydrogen) atoms. The maximum atomic E-state index is 12.1. The van der Waals surface area contributed by atoms with Gasteiger partial charge in [0.25, 0.3) is 0 Å². The summed E-state index contributed by atoms with van der Waals surface area (Å²) in [6.45, 7) is 0. The standard InChI is InChI=1S/C16H17NO3S/c18-15(17-12-6-5-10(7-12)16(19)20)8-11-9-21-14-4-2-1-3-13(11)14/h1-4,9-10,12H,5-8H2,(H,17,18)(H,19,20)/t10-,12+/m1/s1. The number of aliphatic carboxylic acids is 1. The van der Waals surface area contributed by atoms with Crippen molar-refractivity contribution in [1.82, 2.24) is 5.32 Å². The molecule has 0 saturated heterocycles. The minimum absolute atomic E-state index is 0.00324. The van der Waals surface area contributed by atoms with Crippen molar-refractivity contribution in [3.05, 3.63) is 35.2 Å². The van der Waals surface area contributed by atoms with Crippen LogP contribution in [0, 0.1) is 5.92 Å². The van der Waals surface area contributed by atoms with E-state index in [0.717, 1.165) is 17.4 Å². The molecular formula is C16H17NO3S. The molecule has 0 unspecified atom stereocenters. The molecule has 5 heteroatoms. The highest BCUT2D eigenvalue weighted by molar-refractivity contribution is 7.17. The lowest BCUT2D eigenvalue weighted by Crippen LogP contribution is -2.34. The third-order valence-electron chi connectivity index (χ3n) is 4.06. The van der Waals surface area contributed by atoms with E-state index in [4.69, 9.17) is 5.11 Å². The number of benzene rings is 1. The van der Waals surface area contributed by atoms with Crippen LogP contribution in [0.2, 0.25) is 0 Å². The summed E-state index contributed by atoms with van der Waals surface area (Å²) in [5.41, 5.74) is 1.04. The predicted octanol–water partition coefficient (Wildman–Crippen LogP) is 2.81. The predicted molar refractivity (Wildman–Crippen MR) is 82.4 cm³/mol. The Morgan fingerprint density at radius 2 is 2.10 bits per heavy atom. The highest BCUT2D eigenvalue weighted by atomic mass is 32.1. The third kappa shape index (κ3) is 3.08. The van der Waals surface area contributed by atoms with Gasteiger partial charge in [0.05, 0.1) is 12.3 Å². The van der Waals surface area contributed by atoms with Crippen molar-refractivity contribution in [3.8, 4) is 0 Å². The van der Waals surface area contributed by atoms with Crippen LogP contribution in [-0.4, -0.2) is 23.0 Å². The molecule has 2 N–H and O–H groups in total. The van der Waals surface area contributed by atoms with Gasteiger partial charge in [-0.3, -0.25) is 9.59 Å². The highest BCUT2D eigenvalue weighted by Crippen LogP contribution is 2.27. The third-order valence-corrected chi connectivity index (χ3v) is 5.07. The quantitative estimate of drug-likeness (QED) is 0.912. The molecule has 1 aromatic carbocycles. The molecule has 1 aliphatic carbocycles. The summed E-state index contributed by atoms with van der Waals surface area (Å²) in [6, 6.07) is 8.06. The molecule has 1 aromatic heterocycles. The number of hydrogen-bond donors (Lipinski definition) is 2. The first kappa shape index (κ1) is 14.1. The fraction of sp³-hybridized carbons (Fsp3) is 0.375. The molecular weight excluding hydrogens is 286 g/mol. The summed E-state index contributed by atoms with van der Waals surface area (Å²) < 4.78 is 1.19. The average molecular weight is 303 g/mol. The molecule has 1 fully saturated rings. The van der Waals surface area contributed by atoms with Gasteiger partial charge in [-0.1, -0.05) is 18.2 Å². The number of hydrogen-bond acceptors (Lipinski definition) is 3. The number of fused-ring (bicyclic) bond motifs is 1. The Kier molecular flexibility index (Phi) is 3.92. The van der Waals surface area contributed by atoms with E-state index in [2.05, 4.69) is 11.4 Å². The second-order valence-corrected chi connectivity index (χ2v) is 6.46. The van der Waals surface area contributed by atoms with Crippen LogP contribution in [-0.2, 0) is 16.0 Å². The number of rotatable bonds is 4. The molecule has 0 bridgehead atoms. The zero-order chi connectivity index (χ0) is 14.8. The maximum absolute atomic E-state index is 12.1. The van der Waals surface area contributed by atoms with Gasteiger partial charge in [-0.15, -0.1) is 11.3 Å². The zero-order valence-electron chi connectivity index (χ0n) is 11.5. The lowest BCUT2D eigenvalue weighted by Gasteiger charge is -2.12. The second kappa shape index (κ2) is 5.85. The summed E-state index contributed by atoms with van der Waals surface area (Å²) in [5.74, 6) is -1.08. The second-order valence-electron chi connectivity index (χ2n) is 5.55. The molecule has 3 rings (SSSR count). The van der Waals surface area contributed by atoms with E-state index >= 15 is 0 Å². The number of thiophene rings is 1. The first-order valence-corrected chi connectivity index (χ1v) is 7.98. The normalized spacial score (nSPS) is 21.5. The fourth-order valence-corrected chi connectivity index (χ4v) is 3.92. The van der Waals surface area contributed by atoms with E-state index < -0.39 is 5.97 Å². The number of carboxylic acid groups (broad SMARTS) is 1. The summed E-state index contributed by atoms with van der Waals surface area (Å²) >= 11 is 1.65. The van der Waals surface area contributed by atoms with Crippen molar-refractivity contribution < 1.29 is 14.7 Å². The number of carbonyl (C=O) groups is 2. The molecule has 0 spiro atoms. The average Bonchev–Trinajstić information content (AvgIpc) is 3.07. The van der Waals surface area contributed by atoms with E-state index in [9.17, 15) is 9.59 Å². The molecule has 1 saturated carbocycles. The molecule has 0 radical (unpaired) electrons. The number of carboxylic acids is 1. The topological polar surface area (TPSA) is 66.4 Å². The maximum Gasteiger partial charge on any atom is 0.306 e. The zero-order valence-corrected chi connectivity index (χ0v) is 12.4. The SMILES string of the molecule is O=C(Cc1csc2ccccc12)N[C@H]1CC[C@@H](C(=O)O)C1. The van der Waals surface area contributed by atoms with E-state index in [1.165, 1.54) is 4.70 Å². The van der Waals surface area contributed by atoms with Gasteiger partial charge in [0, 0.05) is 10.7 Å². The first-order valence-electron chi connectivity index (χ1n) is 7.11. The van der Waals surface area contributed by atoms with E-state index in [0.29, 0.717) is 19.3 Å². The number of amides is 1. The minimum Gasteiger partial charge on any atom is -0.481 e. The summed E-state index contributed by atoms with van der Waals surface area (Å²) in [4.78, 5) is 23.1. The van der Waals surface area contributed by atoms with Crippen LogP contribution >= 0.6 is 11.3 Å². The van der Waals surface area contributed by atoms with Gasteiger partial charge in [0.1, 0.15) is 0 Å². The van der Waals surface area contributed by atoms with Crippen molar-refractivity contribution in [2.75, 3.05) is 0 Å². The molecule has 2 atom stereocenters. The van der Waals surface area contributed by atoms with Crippen LogP contribution in [0.5, 0.6) is 0 Å². The molecule has 4 nitrogen and oxygen atoms in total. The van der Waals surface area contributed by atoms with Crippen molar-refractivity contribution in [1.29, 1.82) is 0 Å². The Balaban J connectivity index is 1.61. The van der Waals surface area contributed by atoms with Gasteiger partial charge >= 0.3 is 5.97 Å². The monoisotopic (exact) mass is 303 g/mol. The molecule has 110 valence electrons. The summed E-state index contributed by atoms with van der Waals surface area (Å²) in [5, 5.41) is 15.1. The Bertz CT molecular complexity index is 679. The highest BCUT2D eigenvalue weighted by Gasteiger charge is 2.30. The Hall–Kier alpha value is -1.88. The summed E-state index contributed by atoms with van der Waals surface area (Å²) in [7, 11) is 0. The van der Waals surface area contributed by atoms with Crippen LogP contribution < -0.4 is 5.32 Å². The summed E-state index contributed by atoms with van der Waals surface area (Å²) in [6.07, 6.45) is 2.32. The van der Waals surface area contributed by atoms with E-state index in [-0.39, 0.29) is 17.9 Å². The van der Waals surface area contributed by atoms with Crippen molar-refractivity contribution in [2.24, 2.45) is 5.92 Å². The largest absolute Gasteiger partial charge is 0.481 e. The van der Waals surface area contributed by atoms with Crippen LogP contribution in [0.4, 0.5) is 0 Å². The van der Waals surface area contributed by atoms with E-state index in [1.807, 2.05) is 23.6 Å². The van der Waals surface area contributed by atoms with Crippen LogP contribution in [0.1, 0.15) is 24.8 Å². The van der Waals surface area contributed by atoms with Gasteiger partial charge in [0.15, 0.2) is 0 Å². The lowest BCUT2D eigenvalue weighted by molar-refractivity contribution is -0.141. The van der Waals surface area contributed by atoms with Crippen molar-refractivity contribution >= 4 is 33.3 Å². The number of carbonyl (C=O) groups excluding carboxylic acids is 1. The smallest absolute Gasteiger partial charge is 0.306 e. The minimum atomic E-state index is -0.754. The molecule has 1 heterocycles. The van der Waals surface area contributed by atoms with Crippen LogP contribution in [0.3, 0.4) is 0 Å². The van der Waals surface area contributed by atoms with Gasteiger partial charge < -0.3 is 10.4 Å². The number of nitrogens with one attached hydrogen (secondary N) is 1. The molecule has 1 amide bonds. The van der Waals surface area contributed by atoms with Gasteiger partial charge in [-0.2, -0.15) is 0 Å². The first-order chi connectivity index (χ1) is 10.1. The lowest BCUT2D eigenvalue weighted by atomic mass is 10.1. The van der Waals surface area contributed by atoms with Crippen LogP contribution in [0.25, 0.3) is 10.1 Å². The Labute approximate surface area is 126 Å².